The number of esters is 3. The summed E-state index contributed by atoms with van der Waals surface area (Å²) in [5, 5.41) is 0. The van der Waals surface area contributed by atoms with Gasteiger partial charge in [0.25, 0.3) is 0 Å². The van der Waals surface area contributed by atoms with Crippen molar-refractivity contribution in [1.29, 1.82) is 0 Å². The monoisotopic (exact) mass is 913 g/mol. The van der Waals surface area contributed by atoms with E-state index in [1.54, 1.807) is 0 Å². The average Bonchev–Trinajstić information content (AvgIpc) is 3.30. The first-order chi connectivity index (χ1) is 32.0. The lowest BCUT2D eigenvalue weighted by atomic mass is 10.0. The molecule has 65 heavy (non-hydrogen) atoms. The summed E-state index contributed by atoms with van der Waals surface area (Å²) < 4.78 is 16.8. The fourth-order valence-corrected chi connectivity index (χ4v) is 8.40. The van der Waals surface area contributed by atoms with Gasteiger partial charge >= 0.3 is 17.9 Å². The summed E-state index contributed by atoms with van der Waals surface area (Å²) in [7, 11) is 0. The van der Waals surface area contributed by atoms with Crippen LogP contribution in [-0.4, -0.2) is 37.2 Å². The van der Waals surface area contributed by atoms with Crippen molar-refractivity contribution in [3.8, 4) is 0 Å². The highest BCUT2D eigenvalue weighted by Gasteiger charge is 2.19. The maximum atomic E-state index is 12.8. The van der Waals surface area contributed by atoms with Gasteiger partial charge in [-0.05, 0) is 51.4 Å². The van der Waals surface area contributed by atoms with E-state index in [1.807, 2.05) is 0 Å². The van der Waals surface area contributed by atoms with Gasteiger partial charge < -0.3 is 14.2 Å². The summed E-state index contributed by atoms with van der Waals surface area (Å²) in [5.41, 5.74) is 0. The minimum atomic E-state index is -0.782. The van der Waals surface area contributed by atoms with Crippen LogP contribution in [0.15, 0.2) is 36.5 Å². The van der Waals surface area contributed by atoms with Gasteiger partial charge in [-0.2, -0.15) is 0 Å². The molecule has 0 aromatic heterocycles. The summed E-state index contributed by atoms with van der Waals surface area (Å²) in [6, 6.07) is 0. The smallest absolute Gasteiger partial charge is 0.306 e. The van der Waals surface area contributed by atoms with Gasteiger partial charge in [-0.3, -0.25) is 14.4 Å². The van der Waals surface area contributed by atoms with Crippen LogP contribution in [0.5, 0.6) is 0 Å². The molecule has 380 valence electrons. The number of unbranched alkanes of at least 4 members (excludes halogenated alkanes) is 35. The molecule has 6 nitrogen and oxygen atoms in total. The molecule has 0 aliphatic carbocycles. The van der Waals surface area contributed by atoms with Crippen molar-refractivity contribution >= 4 is 17.9 Å². The zero-order chi connectivity index (χ0) is 47.2. The quantitative estimate of drug-likeness (QED) is 0.0262. The molecular weight excluding hydrogens is 805 g/mol. The third kappa shape index (κ3) is 52.5. The van der Waals surface area contributed by atoms with Crippen molar-refractivity contribution in [3.63, 3.8) is 0 Å². The maximum absolute atomic E-state index is 12.8. The first-order valence-corrected chi connectivity index (χ1v) is 28.5. The molecule has 0 N–H and O–H groups in total. The number of allylic oxidation sites excluding steroid dienone is 6. The van der Waals surface area contributed by atoms with Crippen LogP contribution in [0.4, 0.5) is 0 Å². The van der Waals surface area contributed by atoms with E-state index in [9.17, 15) is 14.4 Å². The zero-order valence-corrected chi connectivity index (χ0v) is 43.5. The van der Waals surface area contributed by atoms with Gasteiger partial charge in [0.1, 0.15) is 13.2 Å². The van der Waals surface area contributed by atoms with Gasteiger partial charge in [-0.25, -0.2) is 0 Å². The van der Waals surface area contributed by atoms with Gasteiger partial charge in [-0.15, -0.1) is 0 Å². The molecule has 0 aliphatic rings. The summed E-state index contributed by atoms with van der Waals surface area (Å²) in [5.74, 6) is -0.902. The Hall–Kier alpha value is -2.37. The molecule has 0 bridgehead atoms. The summed E-state index contributed by atoms with van der Waals surface area (Å²) in [6.45, 7) is 6.54. The Morgan fingerprint density at radius 1 is 0.323 bits per heavy atom. The van der Waals surface area contributed by atoms with Crippen molar-refractivity contribution < 1.29 is 28.6 Å². The van der Waals surface area contributed by atoms with E-state index in [0.29, 0.717) is 19.3 Å². The van der Waals surface area contributed by atoms with E-state index in [-0.39, 0.29) is 31.1 Å². The molecule has 0 heterocycles. The van der Waals surface area contributed by atoms with Gasteiger partial charge in [0, 0.05) is 19.3 Å². The van der Waals surface area contributed by atoms with Gasteiger partial charge in [-0.1, -0.05) is 269 Å². The molecule has 0 aromatic carbocycles. The molecule has 1 atom stereocenters. The second-order valence-electron chi connectivity index (χ2n) is 19.2. The van der Waals surface area contributed by atoms with Crippen LogP contribution in [-0.2, 0) is 28.6 Å². The molecule has 6 heteroatoms. The molecule has 0 saturated heterocycles. The van der Waals surface area contributed by atoms with Crippen molar-refractivity contribution in [1.82, 2.24) is 0 Å². The summed E-state index contributed by atoms with van der Waals surface area (Å²) in [6.07, 6.45) is 64.3. The first-order valence-electron chi connectivity index (χ1n) is 28.5. The standard InChI is InChI=1S/C59H108O6/c1-4-7-10-13-16-19-22-25-27-29-31-32-34-37-40-43-46-49-52-58(61)64-55-56(54-63-57(60)51-48-45-42-39-36-24-21-18-15-12-9-6-3)65-59(62)53-50-47-44-41-38-35-33-30-28-26-23-20-17-14-11-8-5-2/h9,12,18,21,36,39,56H,4-8,10-11,13-17,19-20,22-35,37-38,40-55H2,1-3H3/b12-9-,21-18-,39-36-. The minimum absolute atomic E-state index is 0.0793. The summed E-state index contributed by atoms with van der Waals surface area (Å²) in [4.78, 5) is 38.1. The van der Waals surface area contributed by atoms with Crippen LogP contribution >= 0.6 is 0 Å². The van der Waals surface area contributed by atoms with Crippen molar-refractivity contribution in [2.45, 2.75) is 309 Å². The molecule has 0 aromatic rings. The maximum Gasteiger partial charge on any atom is 0.306 e. The highest BCUT2D eigenvalue weighted by atomic mass is 16.6. The predicted octanol–water partition coefficient (Wildman–Crippen LogP) is 18.9. The number of hydrogen-bond donors (Lipinski definition) is 0. The fourth-order valence-electron chi connectivity index (χ4n) is 8.40. The van der Waals surface area contributed by atoms with Crippen molar-refractivity contribution in [2.24, 2.45) is 0 Å². The van der Waals surface area contributed by atoms with Crippen LogP contribution in [0, 0.1) is 0 Å². The minimum Gasteiger partial charge on any atom is -0.462 e. The summed E-state index contributed by atoms with van der Waals surface area (Å²) >= 11 is 0. The normalized spacial score (nSPS) is 12.2. The SMILES string of the molecule is CC/C=C\C/C=C\C/C=C\CCCCC(=O)OCC(COC(=O)CCCCCCCCCCCCCCCCCCCC)OC(=O)CCCCCCCCCCCCCCCCCCC. The Morgan fingerprint density at radius 3 is 0.938 bits per heavy atom. The van der Waals surface area contributed by atoms with E-state index in [2.05, 4.69) is 57.2 Å². The number of ether oxygens (including phenoxy) is 3. The molecule has 0 aliphatic heterocycles. The van der Waals surface area contributed by atoms with E-state index in [0.717, 1.165) is 77.0 Å². The number of hydrogen-bond acceptors (Lipinski definition) is 6. The van der Waals surface area contributed by atoms with E-state index >= 15 is 0 Å². The van der Waals surface area contributed by atoms with Crippen LogP contribution in [0.3, 0.4) is 0 Å². The Labute approximate surface area is 404 Å². The number of carbonyl (C=O) groups excluding carboxylic acids is 3. The molecule has 0 saturated carbocycles. The highest BCUT2D eigenvalue weighted by molar-refractivity contribution is 5.71. The van der Waals surface area contributed by atoms with Crippen LogP contribution in [0.25, 0.3) is 0 Å². The highest BCUT2D eigenvalue weighted by Crippen LogP contribution is 2.17. The van der Waals surface area contributed by atoms with E-state index < -0.39 is 6.10 Å². The first kappa shape index (κ1) is 62.6. The fraction of sp³-hybridized carbons (Fsp3) is 0.847. The lowest BCUT2D eigenvalue weighted by molar-refractivity contribution is -0.167. The molecule has 0 amide bonds. The molecular formula is C59H108O6. The predicted molar refractivity (Wildman–Crippen MR) is 279 cm³/mol. The molecule has 0 radical (unpaired) electrons. The largest absolute Gasteiger partial charge is 0.462 e. The van der Waals surface area contributed by atoms with Crippen molar-refractivity contribution in [2.75, 3.05) is 13.2 Å². The zero-order valence-electron chi connectivity index (χ0n) is 43.5. The third-order valence-corrected chi connectivity index (χ3v) is 12.7. The average molecular weight is 914 g/mol. The Morgan fingerprint density at radius 2 is 0.600 bits per heavy atom. The third-order valence-electron chi connectivity index (χ3n) is 12.7. The molecule has 1 unspecified atom stereocenters. The van der Waals surface area contributed by atoms with Gasteiger partial charge in [0.15, 0.2) is 6.10 Å². The van der Waals surface area contributed by atoms with E-state index in [4.69, 9.17) is 14.2 Å². The van der Waals surface area contributed by atoms with Crippen LogP contribution in [0.1, 0.15) is 303 Å². The topological polar surface area (TPSA) is 78.9 Å². The van der Waals surface area contributed by atoms with Crippen LogP contribution < -0.4 is 0 Å². The second kappa shape index (κ2) is 54.2. The Balaban J connectivity index is 4.32. The number of rotatable bonds is 52. The molecule has 0 rings (SSSR count). The van der Waals surface area contributed by atoms with Crippen molar-refractivity contribution in [3.05, 3.63) is 36.5 Å². The lowest BCUT2D eigenvalue weighted by Gasteiger charge is -2.18. The Kier molecular flexibility index (Phi) is 52.3. The van der Waals surface area contributed by atoms with Gasteiger partial charge in [0.05, 0.1) is 0 Å². The van der Waals surface area contributed by atoms with E-state index in [1.165, 1.54) is 186 Å². The molecule has 0 fully saturated rings. The van der Waals surface area contributed by atoms with Crippen LogP contribution in [0.2, 0.25) is 0 Å². The Bertz CT molecular complexity index is 1090. The molecule has 0 spiro atoms. The number of carbonyl (C=O) groups is 3. The van der Waals surface area contributed by atoms with Gasteiger partial charge in [0.2, 0.25) is 0 Å². The second-order valence-corrected chi connectivity index (χ2v) is 19.2. The lowest BCUT2D eigenvalue weighted by Crippen LogP contribution is -2.30.